The van der Waals surface area contributed by atoms with Crippen LogP contribution in [0.5, 0.6) is 0 Å². The highest BCUT2D eigenvalue weighted by molar-refractivity contribution is 7.89. The predicted molar refractivity (Wildman–Crippen MR) is 119 cm³/mol. The van der Waals surface area contributed by atoms with E-state index in [9.17, 15) is 22.8 Å². The van der Waals surface area contributed by atoms with Gasteiger partial charge in [0.25, 0.3) is 0 Å². The summed E-state index contributed by atoms with van der Waals surface area (Å²) in [7, 11) is -1.42. The van der Waals surface area contributed by atoms with Gasteiger partial charge in [0.2, 0.25) is 15.9 Å². The first-order valence-electron chi connectivity index (χ1n) is 10.3. The summed E-state index contributed by atoms with van der Waals surface area (Å²) in [5.41, 5.74) is 0.850. The molecule has 1 aliphatic rings. The fourth-order valence-electron chi connectivity index (χ4n) is 3.63. The molecule has 1 saturated heterocycles. The number of hydrogen-bond acceptors (Lipinski definition) is 9. The Morgan fingerprint density at radius 2 is 1.59 bits per heavy atom. The zero-order chi connectivity index (χ0) is 25.0. The molecule has 1 aromatic heterocycles. The van der Waals surface area contributed by atoms with E-state index in [0.717, 1.165) is 0 Å². The van der Waals surface area contributed by atoms with Gasteiger partial charge in [-0.2, -0.15) is 9.40 Å². The molecule has 0 radical (unpaired) electrons. The van der Waals surface area contributed by atoms with Gasteiger partial charge in [-0.1, -0.05) is 0 Å². The van der Waals surface area contributed by atoms with Crippen LogP contribution in [0.15, 0.2) is 23.1 Å². The van der Waals surface area contributed by atoms with E-state index in [0.29, 0.717) is 18.9 Å². The van der Waals surface area contributed by atoms with Crippen molar-refractivity contribution < 1.29 is 37.0 Å². The third kappa shape index (κ3) is 5.26. The molecule has 12 nitrogen and oxygen atoms in total. The first-order valence-corrected chi connectivity index (χ1v) is 11.8. The largest absolute Gasteiger partial charge is 0.465 e. The lowest BCUT2D eigenvalue weighted by molar-refractivity contribution is -0.117. The monoisotopic (exact) mass is 494 g/mol. The van der Waals surface area contributed by atoms with Gasteiger partial charge >= 0.3 is 11.9 Å². The Kier molecular flexibility index (Phi) is 7.69. The molecule has 13 heteroatoms. The second-order valence-electron chi connectivity index (χ2n) is 7.50. The number of nitrogens with zero attached hydrogens (tertiary/aromatic N) is 3. The summed E-state index contributed by atoms with van der Waals surface area (Å²) in [6.07, 6.45) is 0. The lowest BCUT2D eigenvalue weighted by atomic mass is 10.1. The fourth-order valence-corrected chi connectivity index (χ4v) is 5.41. The van der Waals surface area contributed by atoms with Crippen molar-refractivity contribution in [1.29, 1.82) is 0 Å². The van der Waals surface area contributed by atoms with E-state index in [1.807, 2.05) is 0 Å². The number of nitrogens with one attached hydrogen (secondary N) is 1. The summed E-state index contributed by atoms with van der Waals surface area (Å²) in [5.74, 6) is -1.94. The number of anilines is 1. The molecule has 2 aromatic rings. The van der Waals surface area contributed by atoms with E-state index in [1.54, 1.807) is 13.8 Å². The van der Waals surface area contributed by atoms with Crippen LogP contribution in [0, 0.1) is 13.8 Å². The van der Waals surface area contributed by atoms with Crippen molar-refractivity contribution in [3.8, 4) is 0 Å². The van der Waals surface area contributed by atoms with Crippen molar-refractivity contribution in [2.75, 3.05) is 45.8 Å². The van der Waals surface area contributed by atoms with Crippen LogP contribution in [0.1, 0.15) is 32.1 Å². The van der Waals surface area contributed by atoms with Crippen LogP contribution in [0.4, 0.5) is 5.69 Å². The van der Waals surface area contributed by atoms with Gasteiger partial charge in [0.05, 0.1) is 49.9 Å². The minimum Gasteiger partial charge on any atom is -0.465 e. The van der Waals surface area contributed by atoms with E-state index in [1.165, 1.54) is 41.4 Å². The highest BCUT2D eigenvalue weighted by atomic mass is 32.2. The van der Waals surface area contributed by atoms with Gasteiger partial charge in [-0.05, 0) is 32.0 Å². The van der Waals surface area contributed by atoms with Crippen LogP contribution in [0.2, 0.25) is 0 Å². The summed E-state index contributed by atoms with van der Waals surface area (Å²) >= 11 is 0. The molecule has 2 heterocycles. The SMILES string of the molecule is COC(=O)c1cc(NC(=O)Cn2nc(C)c(S(=O)(=O)N3CCOCC3)c2C)cc(C(=O)OC)c1. The highest BCUT2D eigenvalue weighted by Gasteiger charge is 2.32. The molecule has 3 rings (SSSR count). The minimum atomic E-state index is -3.80. The van der Waals surface area contributed by atoms with E-state index in [2.05, 4.69) is 19.9 Å². The molecule has 0 atom stereocenters. The predicted octanol–water partition coefficient (Wildman–Crippen LogP) is 0.733. The number of morpholine rings is 1. The third-order valence-corrected chi connectivity index (χ3v) is 7.39. The van der Waals surface area contributed by atoms with Crippen molar-refractivity contribution in [2.45, 2.75) is 25.3 Å². The average molecular weight is 495 g/mol. The van der Waals surface area contributed by atoms with Crippen molar-refractivity contribution in [1.82, 2.24) is 14.1 Å². The molecule has 1 fully saturated rings. The Morgan fingerprint density at radius 3 is 2.12 bits per heavy atom. The van der Waals surface area contributed by atoms with Crippen molar-refractivity contribution in [3.63, 3.8) is 0 Å². The average Bonchev–Trinajstić information content (AvgIpc) is 3.11. The molecule has 34 heavy (non-hydrogen) atoms. The summed E-state index contributed by atoms with van der Waals surface area (Å²) in [4.78, 5) is 36.7. The first kappa shape index (κ1) is 25.3. The van der Waals surface area contributed by atoms with E-state index in [-0.39, 0.29) is 47.0 Å². The van der Waals surface area contributed by atoms with E-state index >= 15 is 0 Å². The summed E-state index contributed by atoms with van der Waals surface area (Å²) in [6.45, 7) is 3.96. The number of carbonyl (C=O) groups is 3. The third-order valence-electron chi connectivity index (χ3n) is 5.24. The zero-order valence-electron chi connectivity index (χ0n) is 19.3. The Morgan fingerprint density at radius 1 is 1.03 bits per heavy atom. The maximum atomic E-state index is 13.1. The highest BCUT2D eigenvalue weighted by Crippen LogP contribution is 2.24. The number of esters is 2. The number of benzene rings is 1. The Hall–Kier alpha value is -3.29. The van der Waals surface area contributed by atoms with Crippen molar-refractivity contribution >= 4 is 33.6 Å². The lowest BCUT2D eigenvalue weighted by Crippen LogP contribution is -2.41. The van der Waals surface area contributed by atoms with Gasteiger partial charge in [0.15, 0.2) is 0 Å². The molecule has 0 aliphatic carbocycles. The maximum absolute atomic E-state index is 13.1. The number of rotatable bonds is 7. The van der Waals surface area contributed by atoms with Crippen LogP contribution in [0.25, 0.3) is 0 Å². The number of carbonyl (C=O) groups excluding carboxylic acids is 3. The Labute approximate surface area is 196 Å². The Bertz CT molecular complexity index is 1180. The van der Waals surface area contributed by atoms with Gasteiger partial charge in [-0.15, -0.1) is 0 Å². The number of ether oxygens (including phenoxy) is 3. The molecule has 0 unspecified atom stereocenters. The number of methoxy groups -OCH3 is 2. The molecule has 1 aromatic carbocycles. The zero-order valence-corrected chi connectivity index (χ0v) is 20.1. The smallest absolute Gasteiger partial charge is 0.337 e. The molecule has 0 bridgehead atoms. The normalized spacial score (nSPS) is 14.5. The standard InChI is InChI=1S/C21H26N4O8S/c1-13-19(34(29,30)24-5-7-33-8-6-24)14(2)25(23-13)12-18(26)22-17-10-15(20(27)31-3)9-16(11-17)21(28)32-4/h9-11H,5-8,12H2,1-4H3,(H,22,26). The van der Waals surface area contributed by atoms with Crippen molar-refractivity contribution in [3.05, 3.63) is 40.7 Å². The van der Waals surface area contributed by atoms with Crippen molar-refractivity contribution in [2.24, 2.45) is 0 Å². The molecular weight excluding hydrogens is 468 g/mol. The number of aromatic nitrogens is 2. The summed E-state index contributed by atoms with van der Waals surface area (Å²) < 4.78 is 43.5. The van der Waals surface area contributed by atoms with Gasteiger partial charge < -0.3 is 19.5 Å². The molecule has 0 spiro atoms. The lowest BCUT2D eigenvalue weighted by Gasteiger charge is -2.26. The van der Waals surface area contributed by atoms with Crippen LogP contribution < -0.4 is 5.32 Å². The van der Waals surface area contributed by atoms with Crippen LogP contribution in [-0.2, 0) is 35.6 Å². The van der Waals surface area contributed by atoms with Gasteiger partial charge in [0.1, 0.15) is 11.4 Å². The quantitative estimate of drug-likeness (QED) is 0.550. The van der Waals surface area contributed by atoms with Gasteiger partial charge in [-0.25, -0.2) is 18.0 Å². The topological polar surface area (TPSA) is 146 Å². The second-order valence-corrected chi connectivity index (χ2v) is 9.38. The van der Waals surface area contributed by atoms with Crippen LogP contribution in [0.3, 0.4) is 0 Å². The second kappa shape index (κ2) is 10.3. The molecule has 1 aliphatic heterocycles. The van der Waals surface area contributed by atoms with Crippen LogP contribution >= 0.6 is 0 Å². The van der Waals surface area contributed by atoms with Gasteiger partial charge in [0, 0.05) is 18.8 Å². The number of sulfonamides is 1. The van der Waals surface area contributed by atoms with Crippen LogP contribution in [-0.4, -0.2) is 80.9 Å². The number of aryl methyl sites for hydroxylation is 1. The minimum absolute atomic E-state index is 0.0469. The summed E-state index contributed by atoms with van der Waals surface area (Å²) in [5, 5.41) is 6.84. The van der Waals surface area contributed by atoms with E-state index in [4.69, 9.17) is 4.74 Å². The maximum Gasteiger partial charge on any atom is 0.337 e. The number of hydrogen-bond donors (Lipinski definition) is 1. The fraction of sp³-hybridized carbons (Fsp3) is 0.429. The molecule has 0 saturated carbocycles. The molecule has 1 amide bonds. The molecular formula is C21H26N4O8S. The first-order chi connectivity index (χ1) is 16.1. The Balaban J connectivity index is 1.84. The molecule has 1 N–H and O–H groups in total. The molecule has 184 valence electrons. The van der Waals surface area contributed by atoms with E-state index < -0.39 is 27.9 Å². The van der Waals surface area contributed by atoms with Gasteiger partial charge in [-0.3, -0.25) is 9.48 Å². The number of amides is 1. The summed E-state index contributed by atoms with van der Waals surface area (Å²) in [6, 6.07) is 3.99.